The first-order valence-electron chi connectivity index (χ1n) is 6.50. The molecule has 0 aromatic heterocycles. The summed E-state index contributed by atoms with van der Waals surface area (Å²) in [6, 6.07) is 0. The van der Waals surface area contributed by atoms with Gasteiger partial charge in [0, 0.05) is 0 Å². The Morgan fingerprint density at radius 1 is 0.941 bits per heavy atom. The van der Waals surface area contributed by atoms with E-state index in [4.69, 9.17) is 9.47 Å². The highest BCUT2D eigenvalue weighted by Crippen LogP contribution is 2.52. The largest absolute Gasteiger partial charge is 0.466 e. The Hall–Kier alpha value is -1.06. The van der Waals surface area contributed by atoms with Crippen molar-refractivity contribution in [2.45, 2.75) is 33.1 Å². The lowest BCUT2D eigenvalue weighted by atomic mass is 9.80. The van der Waals surface area contributed by atoms with Crippen LogP contribution in [0.3, 0.4) is 0 Å². The summed E-state index contributed by atoms with van der Waals surface area (Å²) in [7, 11) is 0. The lowest BCUT2D eigenvalue weighted by molar-refractivity contribution is -0.156. The molecule has 2 rings (SSSR count). The minimum Gasteiger partial charge on any atom is -0.466 e. The van der Waals surface area contributed by atoms with E-state index in [1.54, 1.807) is 0 Å². The maximum absolute atomic E-state index is 11.8. The van der Waals surface area contributed by atoms with E-state index in [-0.39, 0.29) is 29.7 Å². The fraction of sp³-hybridized carbons (Fsp3) is 0.846. The number of ether oxygens (including phenoxy) is 2. The molecular formula is C13H20O4. The van der Waals surface area contributed by atoms with E-state index in [9.17, 15) is 9.59 Å². The van der Waals surface area contributed by atoms with E-state index >= 15 is 0 Å². The molecule has 0 aromatic carbocycles. The fourth-order valence-corrected chi connectivity index (χ4v) is 3.39. The van der Waals surface area contributed by atoms with Gasteiger partial charge in [-0.05, 0) is 44.9 Å². The third-order valence-electron chi connectivity index (χ3n) is 3.99. The fourth-order valence-electron chi connectivity index (χ4n) is 3.39. The molecular weight excluding hydrogens is 220 g/mol. The predicted molar refractivity (Wildman–Crippen MR) is 61.1 cm³/mol. The topological polar surface area (TPSA) is 52.6 Å². The zero-order valence-electron chi connectivity index (χ0n) is 10.5. The van der Waals surface area contributed by atoms with Gasteiger partial charge in [0.25, 0.3) is 0 Å². The Balaban J connectivity index is 2.00. The van der Waals surface area contributed by atoms with Crippen LogP contribution in [0.4, 0.5) is 0 Å². The summed E-state index contributed by atoms with van der Waals surface area (Å²) in [6.45, 7) is 4.45. The third-order valence-corrected chi connectivity index (χ3v) is 3.99. The van der Waals surface area contributed by atoms with E-state index in [0.29, 0.717) is 19.1 Å². The van der Waals surface area contributed by atoms with Gasteiger partial charge in [0.2, 0.25) is 0 Å². The molecule has 2 bridgehead atoms. The number of carbonyl (C=O) groups is 2. The summed E-state index contributed by atoms with van der Waals surface area (Å²) in [6.07, 6.45) is 2.76. The van der Waals surface area contributed by atoms with Crippen LogP contribution in [0.5, 0.6) is 0 Å². The standard InChI is InChI=1S/C13H20O4/c1-3-16-12(14)10-6-8-5-9(10)11(7-8)13(15)17-4-2/h8-11H,3-7H2,1-2H3. The van der Waals surface area contributed by atoms with Gasteiger partial charge in [0.1, 0.15) is 0 Å². The number of rotatable bonds is 4. The number of hydrogen-bond acceptors (Lipinski definition) is 4. The predicted octanol–water partition coefficient (Wildman–Crippen LogP) is 1.77. The van der Waals surface area contributed by atoms with Gasteiger partial charge < -0.3 is 9.47 Å². The highest BCUT2D eigenvalue weighted by atomic mass is 16.5. The summed E-state index contributed by atoms with van der Waals surface area (Å²) in [4.78, 5) is 23.6. The van der Waals surface area contributed by atoms with Crippen LogP contribution in [-0.2, 0) is 19.1 Å². The second-order valence-corrected chi connectivity index (χ2v) is 4.95. The number of carbonyl (C=O) groups excluding carboxylic acids is 2. The average Bonchev–Trinajstić information content (AvgIpc) is 2.88. The molecule has 2 aliphatic carbocycles. The van der Waals surface area contributed by atoms with Gasteiger partial charge in [-0.3, -0.25) is 9.59 Å². The van der Waals surface area contributed by atoms with Crippen LogP contribution in [0, 0.1) is 23.7 Å². The summed E-state index contributed by atoms with van der Waals surface area (Å²) >= 11 is 0. The number of esters is 2. The molecule has 0 aromatic rings. The molecule has 0 heterocycles. The van der Waals surface area contributed by atoms with Gasteiger partial charge in [0.15, 0.2) is 0 Å². The zero-order valence-corrected chi connectivity index (χ0v) is 10.5. The Morgan fingerprint density at radius 3 is 1.76 bits per heavy atom. The van der Waals surface area contributed by atoms with Gasteiger partial charge in [-0.25, -0.2) is 0 Å². The number of hydrogen-bond donors (Lipinski definition) is 0. The molecule has 2 unspecified atom stereocenters. The monoisotopic (exact) mass is 240 g/mol. The molecule has 4 nitrogen and oxygen atoms in total. The molecule has 0 aliphatic heterocycles. The molecule has 2 atom stereocenters. The van der Waals surface area contributed by atoms with Gasteiger partial charge >= 0.3 is 11.9 Å². The summed E-state index contributed by atoms with van der Waals surface area (Å²) in [5.41, 5.74) is 0. The molecule has 0 saturated heterocycles. The van der Waals surface area contributed by atoms with Crippen molar-refractivity contribution in [2.75, 3.05) is 13.2 Å². The molecule has 0 N–H and O–H groups in total. The SMILES string of the molecule is CCOC(=O)C1CC2CC(C(=O)OCC)C1C2. The lowest BCUT2D eigenvalue weighted by Crippen LogP contribution is -2.33. The molecule has 0 amide bonds. The van der Waals surface area contributed by atoms with Crippen molar-refractivity contribution in [1.82, 2.24) is 0 Å². The van der Waals surface area contributed by atoms with E-state index in [1.807, 2.05) is 13.8 Å². The Labute approximate surface area is 102 Å². The summed E-state index contributed by atoms with van der Waals surface area (Å²) < 4.78 is 10.2. The Kier molecular flexibility index (Phi) is 3.69. The first-order chi connectivity index (χ1) is 8.17. The molecule has 17 heavy (non-hydrogen) atoms. The lowest BCUT2D eigenvalue weighted by Gasteiger charge is -2.26. The molecule has 0 radical (unpaired) electrons. The Morgan fingerprint density at radius 2 is 1.41 bits per heavy atom. The highest BCUT2D eigenvalue weighted by molar-refractivity contribution is 5.78. The molecule has 0 spiro atoms. The van der Waals surface area contributed by atoms with Crippen molar-refractivity contribution >= 4 is 11.9 Å². The highest BCUT2D eigenvalue weighted by Gasteiger charge is 2.52. The van der Waals surface area contributed by atoms with Crippen molar-refractivity contribution in [3.63, 3.8) is 0 Å². The molecule has 2 aliphatic rings. The van der Waals surface area contributed by atoms with Crippen LogP contribution in [0.2, 0.25) is 0 Å². The van der Waals surface area contributed by atoms with Crippen molar-refractivity contribution < 1.29 is 19.1 Å². The maximum atomic E-state index is 11.8. The Bertz CT molecular complexity index is 285. The van der Waals surface area contributed by atoms with Crippen molar-refractivity contribution in [2.24, 2.45) is 23.7 Å². The minimum atomic E-state index is -0.131. The van der Waals surface area contributed by atoms with Crippen LogP contribution >= 0.6 is 0 Å². The summed E-state index contributed by atoms with van der Waals surface area (Å²) in [5.74, 6) is 0.233. The van der Waals surface area contributed by atoms with Gasteiger partial charge in [-0.2, -0.15) is 0 Å². The van der Waals surface area contributed by atoms with E-state index in [1.165, 1.54) is 0 Å². The van der Waals surface area contributed by atoms with Crippen LogP contribution in [-0.4, -0.2) is 25.2 Å². The van der Waals surface area contributed by atoms with Gasteiger partial charge in [-0.1, -0.05) is 0 Å². The van der Waals surface area contributed by atoms with E-state index in [0.717, 1.165) is 19.3 Å². The van der Waals surface area contributed by atoms with Crippen LogP contribution in [0.25, 0.3) is 0 Å². The number of fused-ring (bicyclic) bond motifs is 2. The first-order valence-corrected chi connectivity index (χ1v) is 6.50. The van der Waals surface area contributed by atoms with Crippen LogP contribution < -0.4 is 0 Å². The van der Waals surface area contributed by atoms with Crippen LogP contribution in [0.15, 0.2) is 0 Å². The molecule has 2 saturated carbocycles. The van der Waals surface area contributed by atoms with Crippen molar-refractivity contribution in [3.05, 3.63) is 0 Å². The molecule has 4 heteroatoms. The second kappa shape index (κ2) is 5.07. The molecule has 2 fully saturated rings. The van der Waals surface area contributed by atoms with Crippen molar-refractivity contribution in [1.29, 1.82) is 0 Å². The van der Waals surface area contributed by atoms with Crippen molar-refractivity contribution in [3.8, 4) is 0 Å². The normalized spacial score (nSPS) is 34.7. The smallest absolute Gasteiger partial charge is 0.309 e. The zero-order chi connectivity index (χ0) is 12.4. The van der Waals surface area contributed by atoms with Gasteiger partial charge in [0.05, 0.1) is 25.0 Å². The van der Waals surface area contributed by atoms with Gasteiger partial charge in [-0.15, -0.1) is 0 Å². The average molecular weight is 240 g/mol. The minimum absolute atomic E-state index is 0.0805. The quantitative estimate of drug-likeness (QED) is 0.703. The van der Waals surface area contributed by atoms with E-state index < -0.39 is 0 Å². The van der Waals surface area contributed by atoms with E-state index in [2.05, 4.69) is 0 Å². The maximum Gasteiger partial charge on any atom is 0.309 e. The first kappa shape index (κ1) is 12.4. The third kappa shape index (κ3) is 2.31. The molecule has 96 valence electrons. The summed E-state index contributed by atoms with van der Waals surface area (Å²) in [5, 5.41) is 0. The van der Waals surface area contributed by atoms with Crippen LogP contribution in [0.1, 0.15) is 33.1 Å². The second-order valence-electron chi connectivity index (χ2n) is 4.95.